The highest BCUT2D eigenvalue weighted by molar-refractivity contribution is 7.99. The largest absolute Gasteiger partial charge is 0.309 e. The molecule has 0 radical (unpaired) electrons. The maximum atomic E-state index is 4.53. The molecule has 1 fully saturated rings. The molecule has 0 aliphatic carbocycles. The molecule has 0 spiro atoms. The molecule has 3 nitrogen and oxygen atoms in total. The summed E-state index contributed by atoms with van der Waals surface area (Å²) in [4.78, 5) is 0. The highest BCUT2D eigenvalue weighted by Crippen LogP contribution is 2.20. The molecule has 0 bridgehead atoms. The van der Waals surface area contributed by atoms with Crippen LogP contribution < -0.4 is 5.32 Å². The van der Waals surface area contributed by atoms with Gasteiger partial charge in [0, 0.05) is 37.1 Å². The van der Waals surface area contributed by atoms with Crippen molar-refractivity contribution in [2.75, 3.05) is 11.5 Å². The van der Waals surface area contributed by atoms with Gasteiger partial charge in [-0.05, 0) is 18.1 Å². The van der Waals surface area contributed by atoms with Gasteiger partial charge >= 0.3 is 0 Å². The second-order valence-corrected chi connectivity index (χ2v) is 5.96. The van der Waals surface area contributed by atoms with E-state index in [9.17, 15) is 0 Å². The molecule has 1 aromatic heterocycles. The standard InChI is InChI=1S/C12H21N3S/c1-9(2)12-10(7-15(3)14-12)6-13-11-4-5-16-8-11/h7,9,11,13H,4-6,8H2,1-3H3. The lowest BCUT2D eigenvalue weighted by atomic mass is 10.1. The molecule has 0 aromatic carbocycles. The van der Waals surface area contributed by atoms with Crippen molar-refractivity contribution in [1.29, 1.82) is 0 Å². The molecule has 1 aliphatic heterocycles. The molecule has 0 saturated carbocycles. The van der Waals surface area contributed by atoms with E-state index >= 15 is 0 Å². The van der Waals surface area contributed by atoms with Gasteiger partial charge in [0.1, 0.15) is 0 Å². The van der Waals surface area contributed by atoms with E-state index in [0.717, 1.165) is 6.54 Å². The van der Waals surface area contributed by atoms with Gasteiger partial charge in [-0.3, -0.25) is 4.68 Å². The molecule has 4 heteroatoms. The Morgan fingerprint density at radius 2 is 2.44 bits per heavy atom. The van der Waals surface area contributed by atoms with Gasteiger partial charge in [-0.2, -0.15) is 16.9 Å². The minimum Gasteiger partial charge on any atom is -0.309 e. The number of rotatable bonds is 4. The predicted molar refractivity (Wildman–Crippen MR) is 69.9 cm³/mol. The van der Waals surface area contributed by atoms with Crippen molar-refractivity contribution >= 4 is 11.8 Å². The number of hydrogen-bond donors (Lipinski definition) is 1. The van der Waals surface area contributed by atoms with Crippen LogP contribution in [0.2, 0.25) is 0 Å². The highest BCUT2D eigenvalue weighted by atomic mass is 32.2. The van der Waals surface area contributed by atoms with E-state index in [1.807, 2.05) is 23.5 Å². The van der Waals surface area contributed by atoms with E-state index < -0.39 is 0 Å². The molecule has 1 aromatic rings. The van der Waals surface area contributed by atoms with E-state index in [1.54, 1.807) is 0 Å². The third kappa shape index (κ3) is 2.80. The lowest BCUT2D eigenvalue weighted by Crippen LogP contribution is -2.28. The van der Waals surface area contributed by atoms with Crippen LogP contribution in [0.4, 0.5) is 0 Å². The highest BCUT2D eigenvalue weighted by Gasteiger charge is 2.16. The van der Waals surface area contributed by atoms with Crippen molar-refractivity contribution in [1.82, 2.24) is 15.1 Å². The zero-order chi connectivity index (χ0) is 11.5. The lowest BCUT2D eigenvalue weighted by Gasteiger charge is -2.11. The Labute approximate surface area is 102 Å². The Bertz CT molecular complexity index is 340. The van der Waals surface area contributed by atoms with Crippen LogP contribution >= 0.6 is 11.8 Å². The van der Waals surface area contributed by atoms with E-state index in [-0.39, 0.29) is 0 Å². The molecule has 1 aliphatic rings. The third-order valence-electron chi connectivity index (χ3n) is 2.99. The zero-order valence-corrected chi connectivity index (χ0v) is 11.2. The molecule has 1 atom stereocenters. The van der Waals surface area contributed by atoms with Gasteiger partial charge in [0.05, 0.1) is 5.69 Å². The monoisotopic (exact) mass is 239 g/mol. The summed E-state index contributed by atoms with van der Waals surface area (Å²) >= 11 is 2.05. The summed E-state index contributed by atoms with van der Waals surface area (Å²) in [7, 11) is 2.00. The lowest BCUT2D eigenvalue weighted by molar-refractivity contribution is 0.554. The van der Waals surface area contributed by atoms with E-state index in [1.165, 1.54) is 29.2 Å². The first-order chi connectivity index (χ1) is 7.66. The van der Waals surface area contributed by atoms with Crippen LogP contribution in [0, 0.1) is 0 Å². The summed E-state index contributed by atoms with van der Waals surface area (Å²) < 4.78 is 1.93. The minimum atomic E-state index is 0.510. The van der Waals surface area contributed by atoms with Crippen molar-refractivity contribution in [2.45, 2.75) is 38.8 Å². The van der Waals surface area contributed by atoms with E-state index in [4.69, 9.17) is 0 Å². The smallest absolute Gasteiger partial charge is 0.0694 e. The number of nitrogens with zero attached hydrogens (tertiary/aromatic N) is 2. The summed E-state index contributed by atoms with van der Waals surface area (Å²) in [6.07, 6.45) is 3.45. The van der Waals surface area contributed by atoms with Crippen LogP contribution in [0.1, 0.15) is 37.4 Å². The van der Waals surface area contributed by atoms with Gasteiger partial charge in [-0.15, -0.1) is 0 Å². The van der Waals surface area contributed by atoms with Crippen molar-refractivity contribution in [3.05, 3.63) is 17.5 Å². The Balaban J connectivity index is 1.97. The van der Waals surface area contributed by atoms with Crippen molar-refractivity contribution < 1.29 is 0 Å². The van der Waals surface area contributed by atoms with Crippen LogP contribution in [0.3, 0.4) is 0 Å². The van der Waals surface area contributed by atoms with Gasteiger partial charge in [0.15, 0.2) is 0 Å². The molecule has 0 amide bonds. The number of thioether (sulfide) groups is 1. The molecule has 1 N–H and O–H groups in total. The summed E-state index contributed by atoms with van der Waals surface area (Å²) in [6.45, 7) is 5.38. The van der Waals surface area contributed by atoms with Gasteiger partial charge < -0.3 is 5.32 Å². The number of nitrogens with one attached hydrogen (secondary N) is 1. The van der Waals surface area contributed by atoms with Gasteiger partial charge in [0.25, 0.3) is 0 Å². The second kappa shape index (κ2) is 5.23. The topological polar surface area (TPSA) is 29.9 Å². The Hall–Kier alpha value is -0.480. The number of aromatic nitrogens is 2. The SMILES string of the molecule is CC(C)c1nn(C)cc1CNC1CCSC1. The Kier molecular flexibility index (Phi) is 3.92. The average Bonchev–Trinajstić information content (AvgIpc) is 2.83. The maximum Gasteiger partial charge on any atom is 0.0694 e. The molecule has 2 heterocycles. The van der Waals surface area contributed by atoms with Gasteiger partial charge in [0.2, 0.25) is 0 Å². The second-order valence-electron chi connectivity index (χ2n) is 4.81. The predicted octanol–water partition coefficient (Wildman–Crippen LogP) is 2.14. The first-order valence-electron chi connectivity index (χ1n) is 6.00. The number of hydrogen-bond acceptors (Lipinski definition) is 3. The quantitative estimate of drug-likeness (QED) is 0.873. The van der Waals surface area contributed by atoms with Crippen LogP contribution in [0.25, 0.3) is 0 Å². The minimum absolute atomic E-state index is 0.510. The molecule has 90 valence electrons. The van der Waals surface area contributed by atoms with Gasteiger partial charge in [-0.25, -0.2) is 0 Å². The van der Waals surface area contributed by atoms with Crippen LogP contribution in [-0.4, -0.2) is 27.3 Å². The van der Waals surface area contributed by atoms with Crippen LogP contribution in [0.15, 0.2) is 6.20 Å². The van der Waals surface area contributed by atoms with Crippen molar-refractivity contribution in [3.63, 3.8) is 0 Å². The summed E-state index contributed by atoms with van der Waals surface area (Å²) in [6, 6.07) is 0.699. The summed E-state index contributed by atoms with van der Waals surface area (Å²) in [5.74, 6) is 3.08. The average molecular weight is 239 g/mol. The molecule has 2 rings (SSSR count). The maximum absolute atomic E-state index is 4.53. The van der Waals surface area contributed by atoms with E-state index in [0.29, 0.717) is 12.0 Å². The Morgan fingerprint density at radius 3 is 3.06 bits per heavy atom. The Morgan fingerprint density at radius 1 is 1.62 bits per heavy atom. The van der Waals surface area contributed by atoms with Gasteiger partial charge in [-0.1, -0.05) is 13.8 Å². The third-order valence-corrected chi connectivity index (χ3v) is 4.16. The van der Waals surface area contributed by atoms with Crippen LogP contribution in [-0.2, 0) is 13.6 Å². The fraction of sp³-hybridized carbons (Fsp3) is 0.750. The molecular weight excluding hydrogens is 218 g/mol. The molecule has 1 saturated heterocycles. The normalized spacial score (nSPS) is 20.9. The first kappa shape index (κ1) is 12.0. The fourth-order valence-corrected chi connectivity index (χ4v) is 3.31. The zero-order valence-electron chi connectivity index (χ0n) is 10.4. The molecular formula is C12H21N3S. The van der Waals surface area contributed by atoms with Crippen molar-refractivity contribution in [2.24, 2.45) is 7.05 Å². The first-order valence-corrected chi connectivity index (χ1v) is 7.16. The van der Waals surface area contributed by atoms with Crippen molar-refractivity contribution in [3.8, 4) is 0 Å². The fourth-order valence-electron chi connectivity index (χ4n) is 2.13. The van der Waals surface area contributed by atoms with E-state index in [2.05, 4.69) is 30.5 Å². The molecule has 1 unspecified atom stereocenters. The summed E-state index contributed by atoms with van der Waals surface area (Å²) in [5, 5.41) is 8.16. The van der Waals surface area contributed by atoms with Crippen LogP contribution in [0.5, 0.6) is 0 Å². The summed E-state index contributed by atoms with van der Waals surface area (Å²) in [5.41, 5.74) is 2.59. The molecule has 16 heavy (non-hydrogen) atoms. The number of aryl methyl sites for hydroxylation is 1.